The molecular formula is C17H35ClO2Si. The molecule has 0 aromatic carbocycles. The van der Waals surface area contributed by atoms with Crippen molar-refractivity contribution in [2.45, 2.75) is 96.7 Å². The number of carbonyl (C=O) groups excluding carboxylic acids is 1. The number of halogens is 1. The second kappa shape index (κ2) is 10.7. The van der Waals surface area contributed by atoms with Gasteiger partial charge in [-0.15, -0.1) is 11.6 Å². The van der Waals surface area contributed by atoms with Crippen LogP contribution in [0.2, 0.25) is 16.6 Å². The van der Waals surface area contributed by atoms with Crippen molar-refractivity contribution in [3.05, 3.63) is 0 Å². The standard InChI is InChI=1S/C17H35ClO2Si/c1-7-14(4)21(15(5)8-2,16(6)9-3)20-17(19)12-10-11-13-18/h14-16H,7-13H2,1-6H3. The number of unbranched alkanes of at least 4 members (excludes halogenated alkanes) is 1. The van der Waals surface area contributed by atoms with Crippen LogP contribution in [0.3, 0.4) is 0 Å². The van der Waals surface area contributed by atoms with Crippen molar-refractivity contribution >= 4 is 25.9 Å². The lowest BCUT2D eigenvalue weighted by atomic mass is 10.3. The zero-order chi connectivity index (χ0) is 16.5. The fourth-order valence-corrected chi connectivity index (χ4v) is 9.45. The van der Waals surface area contributed by atoms with Gasteiger partial charge in [-0.3, -0.25) is 4.79 Å². The zero-order valence-electron chi connectivity index (χ0n) is 14.9. The van der Waals surface area contributed by atoms with E-state index in [9.17, 15) is 4.79 Å². The maximum Gasteiger partial charge on any atom is 0.292 e. The molecule has 0 radical (unpaired) electrons. The molecular weight excluding hydrogens is 300 g/mol. The summed E-state index contributed by atoms with van der Waals surface area (Å²) < 4.78 is 6.30. The Morgan fingerprint density at radius 1 is 0.952 bits per heavy atom. The number of carbonyl (C=O) groups is 1. The first kappa shape index (κ1) is 21.0. The molecule has 0 aliphatic heterocycles. The first-order valence-corrected chi connectivity index (χ1v) is 11.4. The maximum absolute atomic E-state index is 12.4. The van der Waals surface area contributed by atoms with Gasteiger partial charge >= 0.3 is 0 Å². The Hall–Kier alpha value is -0.0231. The third-order valence-corrected chi connectivity index (χ3v) is 11.9. The molecule has 3 unspecified atom stereocenters. The van der Waals surface area contributed by atoms with Crippen LogP contribution in [0.4, 0.5) is 0 Å². The summed E-state index contributed by atoms with van der Waals surface area (Å²) in [5.74, 6) is 0.630. The molecule has 0 aliphatic rings. The van der Waals surface area contributed by atoms with Crippen molar-refractivity contribution in [2.24, 2.45) is 0 Å². The van der Waals surface area contributed by atoms with E-state index in [2.05, 4.69) is 41.5 Å². The van der Waals surface area contributed by atoms with Crippen molar-refractivity contribution in [1.82, 2.24) is 0 Å². The second-order valence-electron chi connectivity index (χ2n) is 6.40. The summed E-state index contributed by atoms with van der Waals surface area (Å²) in [6.07, 6.45) is 5.53. The van der Waals surface area contributed by atoms with Crippen LogP contribution in [0.15, 0.2) is 0 Å². The highest BCUT2D eigenvalue weighted by Crippen LogP contribution is 2.47. The summed E-state index contributed by atoms with van der Waals surface area (Å²) in [4.78, 5) is 12.4. The number of hydrogen-bond donors (Lipinski definition) is 0. The normalized spacial score (nSPS) is 18.6. The topological polar surface area (TPSA) is 26.3 Å². The highest BCUT2D eigenvalue weighted by Gasteiger charge is 2.51. The molecule has 0 amide bonds. The molecule has 0 aromatic rings. The highest BCUT2D eigenvalue weighted by molar-refractivity contribution is 6.79. The molecule has 0 spiro atoms. The second-order valence-corrected chi connectivity index (χ2v) is 11.6. The molecule has 0 aromatic heterocycles. The van der Waals surface area contributed by atoms with Gasteiger partial charge in [-0.25, -0.2) is 0 Å². The van der Waals surface area contributed by atoms with E-state index in [1.54, 1.807) is 0 Å². The summed E-state index contributed by atoms with van der Waals surface area (Å²) >= 11 is 5.69. The van der Waals surface area contributed by atoms with E-state index in [0.29, 0.717) is 28.9 Å². The van der Waals surface area contributed by atoms with E-state index in [-0.39, 0.29) is 5.97 Å². The minimum absolute atomic E-state index is 0.00711. The Kier molecular flexibility index (Phi) is 10.6. The molecule has 0 aliphatic carbocycles. The lowest BCUT2D eigenvalue weighted by Gasteiger charge is -2.44. The molecule has 3 atom stereocenters. The van der Waals surface area contributed by atoms with Crippen LogP contribution < -0.4 is 0 Å². The maximum atomic E-state index is 12.4. The van der Waals surface area contributed by atoms with Crippen LogP contribution in [0, 0.1) is 0 Å². The minimum atomic E-state index is -2.11. The number of alkyl halides is 1. The molecule has 0 bridgehead atoms. The average Bonchev–Trinajstić information content (AvgIpc) is 2.50. The third-order valence-electron chi connectivity index (χ3n) is 5.20. The fourth-order valence-electron chi connectivity index (χ4n) is 3.33. The lowest BCUT2D eigenvalue weighted by Crippen LogP contribution is -2.51. The molecule has 0 saturated carbocycles. The predicted molar refractivity (Wildman–Crippen MR) is 95.6 cm³/mol. The van der Waals surface area contributed by atoms with Gasteiger partial charge in [0, 0.05) is 12.3 Å². The summed E-state index contributed by atoms with van der Waals surface area (Å²) in [7, 11) is -2.11. The van der Waals surface area contributed by atoms with E-state index in [4.69, 9.17) is 16.0 Å². The fraction of sp³-hybridized carbons (Fsp3) is 0.941. The van der Waals surface area contributed by atoms with Crippen LogP contribution in [-0.4, -0.2) is 20.2 Å². The van der Waals surface area contributed by atoms with Gasteiger partial charge in [0.25, 0.3) is 14.3 Å². The summed E-state index contributed by atoms with van der Waals surface area (Å²) in [5.41, 5.74) is 1.54. The highest BCUT2D eigenvalue weighted by atomic mass is 35.5. The van der Waals surface area contributed by atoms with Crippen molar-refractivity contribution in [3.8, 4) is 0 Å². The van der Waals surface area contributed by atoms with Crippen LogP contribution in [0.1, 0.15) is 80.1 Å². The van der Waals surface area contributed by atoms with Gasteiger partial charge in [-0.05, 0) is 29.5 Å². The largest absolute Gasteiger partial charge is 0.518 e. The Bertz CT molecular complexity index is 270. The third kappa shape index (κ3) is 5.59. The van der Waals surface area contributed by atoms with E-state index in [1.807, 2.05) is 0 Å². The molecule has 4 heteroatoms. The van der Waals surface area contributed by atoms with Gasteiger partial charge in [-0.1, -0.05) is 60.8 Å². The van der Waals surface area contributed by atoms with Gasteiger partial charge in [0.2, 0.25) is 0 Å². The first-order chi connectivity index (χ1) is 9.90. The van der Waals surface area contributed by atoms with Crippen LogP contribution >= 0.6 is 11.6 Å². The van der Waals surface area contributed by atoms with Crippen molar-refractivity contribution in [1.29, 1.82) is 0 Å². The van der Waals surface area contributed by atoms with Crippen molar-refractivity contribution in [3.63, 3.8) is 0 Å². The van der Waals surface area contributed by atoms with Crippen molar-refractivity contribution < 1.29 is 9.22 Å². The SMILES string of the molecule is CCC(C)[Si](OC(=O)CCCCCl)(C(C)CC)C(C)CC. The quantitative estimate of drug-likeness (QED) is 0.252. The smallest absolute Gasteiger partial charge is 0.292 e. The number of hydrogen-bond acceptors (Lipinski definition) is 2. The summed E-state index contributed by atoms with van der Waals surface area (Å²) in [6.45, 7) is 13.5. The first-order valence-electron chi connectivity index (χ1n) is 8.68. The summed E-state index contributed by atoms with van der Waals surface area (Å²) in [6, 6.07) is 0. The van der Waals surface area contributed by atoms with E-state index in [1.165, 1.54) is 0 Å². The Morgan fingerprint density at radius 2 is 1.38 bits per heavy atom. The Labute approximate surface area is 138 Å². The minimum Gasteiger partial charge on any atom is -0.518 e. The van der Waals surface area contributed by atoms with Gasteiger partial charge in [-0.2, -0.15) is 0 Å². The molecule has 0 heterocycles. The van der Waals surface area contributed by atoms with Crippen LogP contribution in [0.25, 0.3) is 0 Å². The molecule has 21 heavy (non-hydrogen) atoms. The molecule has 0 saturated heterocycles. The van der Waals surface area contributed by atoms with Gasteiger partial charge < -0.3 is 4.43 Å². The Balaban J connectivity index is 5.21. The average molecular weight is 335 g/mol. The molecule has 0 rings (SSSR count). The monoisotopic (exact) mass is 334 g/mol. The van der Waals surface area contributed by atoms with Crippen molar-refractivity contribution in [2.75, 3.05) is 5.88 Å². The molecule has 126 valence electrons. The number of rotatable bonds is 11. The molecule has 0 N–H and O–H groups in total. The summed E-state index contributed by atoms with van der Waals surface area (Å²) in [5, 5.41) is 0. The van der Waals surface area contributed by atoms with E-state index < -0.39 is 8.32 Å². The van der Waals surface area contributed by atoms with E-state index in [0.717, 1.165) is 32.1 Å². The van der Waals surface area contributed by atoms with Crippen LogP contribution in [-0.2, 0) is 9.22 Å². The molecule has 0 fully saturated rings. The Morgan fingerprint density at radius 3 is 1.71 bits per heavy atom. The zero-order valence-corrected chi connectivity index (χ0v) is 16.6. The van der Waals surface area contributed by atoms with Gasteiger partial charge in [0.15, 0.2) is 0 Å². The van der Waals surface area contributed by atoms with Crippen LogP contribution in [0.5, 0.6) is 0 Å². The van der Waals surface area contributed by atoms with E-state index >= 15 is 0 Å². The van der Waals surface area contributed by atoms with Gasteiger partial charge in [0.1, 0.15) is 0 Å². The lowest BCUT2D eigenvalue weighted by molar-refractivity contribution is -0.135. The van der Waals surface area contributed by atoms with Gasteiger partial charge in [0.05, 0.1) is 0 Å². The molecule has 2 nitrogen and oxygen atoms in total. The predicted octanol–water partition coefficient (Wildman–Crippen LogP) is 6.28.